The first kappa shape index (κ1) is 25.3. The van der Waals surface area contributed by atoms with Gasteiger partial charge < -0.3 is 14.8 Å². The van der Waals surface area contributed by atoms with Crippen LogP contribution in [0.5, 0.6) is 11.5 Å². The van der Waals surface area contributed by atoms with Gasteiger partial charge in [0, 0.05) is 24.7 Å². The second kappa shape index (κ2) is 11.2. The molecule has 7 nitrogen and oxygen atoms in total. The zero-order chi connectivity index (χ0) is 24.7. The Morgan fingerprint density at radius 2 is 1.91 bits per heavy atom. The van der Waals surface area contributed by atoms with Gasteiger partial charge in [-0.3, -0.25) is 14.5 Å². The molecule has 1 fully saturated rings. The fourth-order valence-corrected chi connectivity index (χ4v) is 4.41. The number of nitrogens with zero attached hydrogens (tertiary/aromatic N) is 2. The molecule has 2 aromatic carbocycles. The molecule has 1 amide bonds. The summed E-state index contributed by atoms with van der Waals surface area (Å²) >= 11 is 0. The lowest BCUT2D eigenvalue weighted by Crippen LogP contribution is -2.47. The molecular formula is C27H33N3O4. The van der Waals surface area contributed by atoms with E-state index in [1.807, 2.05) is 45.0 Å². The Morgan fingerprint density at radius 1 is 1.18 bits per heavy atom. The lowest BCUT2D eigenvalue weighted by molar-refractivity contribution is -0.134. The predicted octanol–water partition coefficient (Wildman–Crippen LogP) is 4.57. The van der Waals surface area contributed by atoms with E-state index >= 15 is 0 Å². The molecule has 0 atom stereocenters. The third-order valence-corrected chi connectivity index (χ3v) is 6.41. The molecule has 0 aliphatic carbocycles. The van der Waals surface area contributed by atoms with E-state index in [9.17, 15) is 14.9 Å². The number of ether oxygens (including phenoxy) is 2. The van der Waals surface area contributed by atoms with E-state index in [0.717, 1.165) is 36.4 Å². The molecule has 2 heterocycles. The fourth-order valence-electron chi connectivity index (χ4n) is 4.41. The molecule has 1 saturated heterocycles. The number of nitriles is 1. The van der Waals surface area contributed by atoms with Crippen molar-refractivity contribution in [2.45, 2.75) is 52.4 Å². The van der Waals surface area contributed by atoms with Gasteiger partial charge in [0.15, 0.2) is 0 Å². The molecule has 4 rings (SSSR count). The number of amides is 1. The van der Waals surface area contributed by atoms with Crippen LogP contribution in [0.25, 0.3) is 0 Å². The van der Waals surface area contributed by atoms with Gasteiger partial charge in [-0.1, -0.05) is 26.8 Å². The van der Waals surface area contributed by atoms with Crippen LogP contribution in [0.2, 0.25) is 0 Å². The van der Waals surface area contributed by atoms with Gasteiger partial charge in [-0.25, -0.2) is 0 Å². The molecule has 1 N–H and O–H groups in total. The van der Waals surface area contributed by atoms with Crippen molar-refractivity contribution < 1.29 is 19.1 Å². The van der Waals surface area contributed by atoms with Crippen molar-refractivity contribution in [3.05, 3.63) is 53.1 Å². The first-order valence-corrected chi connectivity index (χ1v) is 12.0. The Labute approximate surface area is 201 Å². The molecule has 0 radical (unpaired) electrons. The monoisotopic (exact) mass is 463 g/mol. The quantitative estimate of drug-likeness (QED) is 0.498. The Balaban J connectivity index is 0.00000158. The third kappa shape index (κ3) is 5.23. The summed E-state index contributed by atoms with van der Waals surface area (Å²) in [6, 6.07) is 13.1. The molecular weight excluding hydrogens is 430 g/mol. The van der Waals surface area contributed by atoms with Crippen molar-refractivity contribution in [3.8, 4) is 17.6 Å². The molecule has 0 bridgehead atoms. The maximum absolute atomic E-state index is 12.8. The van der Waals surface area contributed by atoms with Gasteiger partial charge in [0.25, 0.3) is 0 Å². The van der Waals surface area contributed by atoms with E-state index in [4.69, 9.17) is 9.47 Å². The minimum Gasteiger partial charge on any atom is -0.492 e. The van der Waals surface area contributed by atoms with E-state index in [2.05, 4.69) is 16.3 Å². The zero-order valence-electron chi connectivity index (χ0n) is 20.4. The van der Waals surface area contributed by atoms with Crippen molar-refractivity contribution in [2.75, 3.05) is 31.6 Å². The van der Waals surface area contributed by atoms with Crippen LogP contribution in [0.1, 0.15) is 56.7 Å². The number of esters is 1. The molecule has 1 spiro atoms. The number of hydrogen-bond acceptors (Lipinski definition) is 6. The summed E-state index contributed by atoms with van der Waals surface area (Å²) in [6.45, 7) is 10.4. The van der Waals surface area contributed by atoms with Gasteiger partial charge in [-0.05, 0) is 68.2 Å². The Kier molecular flexibility index (Phi) is 8.30. The van der Waals surface area contributed by atoms with E-state index in [1.165, 1.54) is 0 Å². The van der Waals surface area contributed by atoms with E-state index in [-0.39, 0.29) is 11.9 Å². The van der Waals surface area contributed by atoms with Crippen LogP contribution in [-0.4, -0.2) is 43.0 Å². The van der Waals surface area contributed by atoms with Crippen LogP contribution in [0, 0.1) is 18.3 Å². The number of carbonyl (C=O) groups is 2. The van der Waals surface area contributed by atoms with E-state index in [0.29, 0.717) is 42.9 Å². The van der Waals surface area contributed by atoms with E-state index < -0.39 is 5.41 Å². The van der Waals surface area contributed by atoms with Crippen LogP contribution in [0.4, 0.5) is 5.69 Å². The molecule has 2 aromatic rings. The van der Waals surface area contributed by atoms with Gasteiger partial charge >= 0.3 is 5.97 Å². The first-order chi connectivity index (χ1) is 16.4. The number of likely N-dealkylation sites (tertiary alicyclic amines) is 1. The first-order valence-electron chi connectivity index (χ1n) is 12.0. The predicted molar refractivity (Wildman–Crippen MR) is 131 cm³/mol. The third-order valence-electron chi connectivity index (χ3n) is 6.41. The van der Waals surface area contributed by atoms with Gasteiger partial charge in [0.2, 0.25) is 5.91 Å². The molecule has 7 heteroatoms. The Morgan fingerprint density at radius 3 is 2.59 bits per heavy atom. The SMILES string of the molecule is CC.CCC(=O)Oc1cc(OCCN2CCC3(CC2)C(=O)Nc2ccc(C#N)cc23)ccc1C. The number of rotatable bonds is 6. The highest BCUT2D eigenvalue weighted by Crippen LogP contribution is 2.45. The van der Waals surface area contributed by atoms with Crippen molar-refractivity contribution in [2.24, 2.45) is 0 Å². The summed E-state index contributed by atoms with van der Waals surface area (Å²) in [6.07, 6.45) is 1.74. The molecule has 0 aromatic heterocycles. The summed E-state index contributed by atoms with van der Waals surface area (Å²) in [5.41, 5.74) is 2.69. The fraction of sp³-hybridized carbons (Fsp3) is 0.444. The summed E-state index contributed by atoms with van der Waals surface area (Å²) in [5, 5.41) is 12.2. The van der Waals surface area contributed by atoms with Gasteiger partial charge in [-0.2, -0.15) is 5.26 Å². The number of piperidine rings is 1. The molecule has 180 valence electrons. The van der Waals surface area contributed by atoms with Crippen molar-refractivity contribution in [3.63, 3.8) is 0 Å². The number of hydrogen-bond donors (Lipinski definition) is 1. The molecule has 34 heavy (non-hydrogen) atoms. The Hall–Kier alpha value is -3.37. The topological polar surface area (TPSA) is 91.7 Å². The van der Waals surface area contributed by atoms with Crippen LogP contribution in [0.15, 0.2) is 36.4 Å². The van der Waals surface area contributed by atoms with E-state index in [1.54, 1.807) is 19.1 Å². The lowest BCUT2D eigenvalue weighted by atomic mass is 9.73. The van der Waals surface area contributed by atoms with Crippen molar-refractivity contribution in [1.29, 1.82) is 5.26 Å². The number of nitrogens with one attached hydrogen (secondary N) is 1. The number of anilines is 1. The highest BCUT2D eigenvalue weighted by molar-refractivity contribution is 6.06. The summed E-state index contributed by atoms with van der Waals surface area (Å²) in [5.74, 6) is 0.951. The number of carbonyl (C=O) groups excluding carboxylic acids is 2. The highest BCUT2D eigenvalue weighted by Gasteiger charge is 2.48. The molecule has 2 aliphatic rings. The summed E-state index contributed by atoms with van der Waals surface area (Å²) in [4.78, 5) is 26.7. The minimum atomic E-state index is -0.547. The lowest BCUT2D eigenvalue weighted by Gasteiger charge is -2.37. The van der Waals surface area contributed by atoms with Gasteiger partial charge in [0.1, 0.15) is 18.1 Å². The standard InChI is InChI=1S/C25H27N3O4.C2H6/c1-3-23(29)32-22-15-19(6-4-17(22)2)31-13-12-28-10-8-25(9-11-28)20-14-18(16-26)5-7-21(20)27-24(25)30;1-2/h4-7,14-15H,3,8-13H2,1-2H3,(H,27,30);1-2H3. The van der Waals surface area contributed by atoms with Crippen molar-refractivity contribution >= 4 is 17.6 Å². The molecule has 0 unspecified atom stereocenters. The minimum absolute atomic E-state index is 0.0345. The number of aryl methyl sites for hydroxylation is 1. The summed E-state index contributed by atoms with van der Waals surface area (Å²) < 4.78 is 11.2. The average molecular weight is 464 g/mol. The number of fused-ring (bicyclic) bond motifs is 2. The smallest absolute Gasteiger partial charge is 0.310 e. The zero-order valence-corrected chi connectivity index (χ0v) is 20.4. The maximum Gasteiger partial charge on any atom is 0.310 e. The number of benzene rings is 2. The highest BCUT2D eigenvalue weighted by atomic mass is 16.5. The largest absolute Gasteiger partial charge is 0.492 e. The summed E-state index contributed by atoms with van der Waals surface area (Å²) in [7, 11) is 0. The molecule has 0 saturated carbocycles. The molecule has 2 aliphatic heterocycles. The second-order valence-corrected chi connectivity index (χ2v) is 8.35. The van der Waals surface area contributed by atoms with Crippen LogP contribution in [0.3, 0.4) is 0 Å². The van der Waals surface area contributed by atoms with Crippen LogP contribution in [-0.2, 0) is 15.0 Å². The Bertz CT molecular complexity index is 1080. The average Bonchev–Trinajstić information content (AvgIpc) is 3.13. The van der Waals surface area contributed by atoms with Gasteiger partial charge in [-0.15, -0.1) is 0 Å². The van der Waals surface area contributed by atoms with Crippen molar-refractivity contribution in [1.82, 2.24) is 4.90 Å². The maximum atomic E-state index is 12.8. The second-order valence-electron chi connectivity index (χ2n) is 8.35. The van der Waals surface area contributed by atoms with Crippen LogP contribution < -0.4 is 14.8 Å². The van der Waals surface area contributed by atoms with Gasteiger partial charge in [0.05, 0.1) is 17.0 Å². The van der Waals surface area contributed by atoms with Crippen LogP contribution >= 0.6 is 0 Å². The normalized spacial score (nSPS) is 16.0.